The third-order valence-electron chi connectivity index (χ3n) is 2.25. The lowest BCUT2D eigenvalue weighted by molar-refractivity contribution is -0.308. The molecule has 0 aromatic carbocycles. The standard InChI is InChI=1S/C13H24N2O5/c1-9(16)15-10(11(17)18)7-5-6-8-14-12(19)20-13(2,3)4/h10H,5-8H2,1-4H3,(H,14,19)(H,15,16)(H,17,18)/p-1/t10-/m0/s1. The van der Waals surface area contributed by atoms with Crippen LogP contribution in [0.4, 0.5) is 4.79 Å². The molecule has 0 bridgehead atoms. The number of alkyl carbamates (subject to hydrolysis) is 1. The van der Waals surface area contributed by atoms with Crippen LogP contribution in [0.2, 0.25) is 0 Å². The van der Waals surface area contributed by atoms with E-state index in [2.05, 4.69) is 10.6 Å². The number of hydrogen-bond acceptors (Lipinski definition) is 5. The van der Waals surface area contributed by atoms with Crippen molar-refractivity contribution in [1.82, 2.24) is 10.6 Å². The lowest BCUT2D eigenvalue weighted by Crippen LogP contribution is -2.47. The Morgan fingerprint density at radius 2 is 1.80 bits per heavy atom. The van der Waals surface area contributed by atoms with Crippen LogP contribution in [-0.2, 0) is 14.3 Å². The lowest BCUT2D eigenvalue weighted by Gasteiger charge is -2.20. The Labute approximate surface area is 119 Å². The minimum absolute atomic E-state index is 0.262. The average molecular weight is 287 g/mol. The second-order valence-corrected chi connectivity index (χ2v) is 5.50. The summed E-state index contributed by atoms with van der Waals surface area (Å²) in [6.45, 7) is 6.94. The van der Waals surface area contributed by atoms with Gasteiger partial charge in [-0.25, -0.2) is 4.79 Å². The van der Waals surface area contributed by atoms with Gasteiger partial charge in [-0.05, 0) is 40.0 Å². The van der Waals surface area contributed by atoms with Crippen molar-refractivity contribution in [1.29, 1.82) is 0 Å². The average Bonchev–Trinajstić information content (AvgIpc) is 2.23. The van der Waals surface area contributed by atoms with Crippen molar-refractivity contribution in [3.8, 4) is 0 Å². The van der Waals surface area contributed by atoms with Gasteiger partial charge in [0.2, 0.25) is 5.91 Å². The number of ether oxygens (including phenoxy) is 1. The van der Waals surface area contributed by atoms with Gasteiger partial charge in [0, 0.05) is 13.5 Å². The SMILES string of the molecule is CC(=O)N[C@@H](CCCCNC(=O)OC(C)(C)C)C(=O)[O-]. The molecule has 0 unspecified atom stereocenters. The summed E-state index contributed by atoms with van der Waals surface area (Å²) >= 11 is 0. The highest BCUT2D eigenvalue weighted by molar-refractivity contribution is 5.80. The van der Waals surface area contributed by atoms with Crippen LogP contribution in [0.1, 0.15) is 47.0 Å². The van der Waals surface area contributed by atoms with Crippen LogP contribution >= 0.6 is 0 Å². The predicted molar refractivity (Wildman–Crippen MR) is 70.7 cm³/mol. The zero-order chi connectivity index (χ0) is 15.8. The third-order valence-corrected chi connectivity index (χ3v) is 2.25. The van der Waals surface area contributed by atoms with Crippen LogP contribution in [0.25, 0.3) is 0 Å². The lowest BCUT2D eigenvalue weighted by atomic mass is 10.1. The van der Waals surface area contributed by atoms with E-state index < -0.39 is 29.6 Å². The minimum atomic E-state index is -1.31. The Hall–Kier alpha value is -1.79. The number of carboxylic acids is 1. The van der Waals surface area contributed by atoms with E-state index in [9.17, 15) is 19.5 Å². The summed E-state index contributed by atoms with van der Waals surface area (Å²) in [7, 11) is 0. The molecule has 0 aromatic rings. The quantitative estimate of drug-likeness (QED) is 0.638. The van der Waals surface area contributed by atoms with E-state index in [0.717, 1.165) is 0 Å². The zero-order valence-electron chi connectivity index (χ0n) is 12.4. The molecule has 1 atom stereocenters. The molecular weight excluding hydrogens is 264 g/mol. The molecule has 0 saturated carbocycles. The van der Waals surface area contributed by atoms with E-state index in [1.807, 2.05) is 0 Å². The van der Waals surface area contributed by atoms with E-state index in [1.165, 1.54) is 6.92 Å². The molecule has 0 rings (SSSR count). The maximum atomic E-state index is 11.3. The highest BCUT2D eigenvalue weighted by atomic mass is 16.6. The van der Waals surface area contributed by atoms with Gasteiger partial charge < -0.3 is 25.3 Å². The summed E-state index contributed by atoms with van der Waals surface area (Å²) in [6.07, 6.45) is 0.880. The molecule has 7 nitrogen and oxygen atoms in total. The summed E-state index contributed by atoms with van der Waals surface area (Å²) in [5, 5.41) is 15.6. The number of nitrogens with one attached hydrogen (secondary N) is 2. The first kappa shape index (κ1) is 18.2. The van der Waals surface area contributed by atoms with Crippen molar-refractivity contribution >= 4 is 18.0 Å². The Morgan fingerprint density at radius 3 is 2.25 bits per heavy atom. The van der Waals surface area contributed by atoms with Crippen molar-refractivity contribution in [2.45, 2.75) is 58.6 Å². The number of carbonyl (C=O) groups excluding carboxylic acids is 3. The van der Waals surface area contributed by atoms with E-state index in [0.29, 0.717) is 19.4 Å². The van der Waals surface area contributed by atoms with Crippen molar-refractivity contribution < 1.29 is 24.2 Å². The smallest absolute Gasteiger partial charge is 0.407 e. The minimum Gasteiger partial charge on any atom is -0.548 e. The summed E-state index contributed by atoms with van der Waals surface area (Å²) in [5.41, 5.74) is -0.546. The predicted octanol–water partition coefficient (Wildman–Crippen LogP) is -0.0640. The molecule has 0 radical (unpaired) electrons. The maximum absolute atomic E-state index is 11.3. The molecule has 20 heavy (non-hydrogen) atoms. The Morgan fingerprint density at radius 1 is 1.20 bits per heavy atom. The monoisotopic (exact) mass is 287 g/mol. The third kappa shape index (κ3) is 10.2. The summed E-state index contributed by atoms with van der Waals surface area (Å²) < 4.78 is 5.05. The largest absolute Gasteiger partial charge is 0.548 e. The second-order valence-electron chi connectivity index (χ2n) is 5.50. The van der Waals surface area contributed by atoms with Gasteiger partial charge >= 0.3 is 6.09 Å². The van der Waals surface area contributed by atoms with Gasteiger partial charge in [-0.2, -0.15) is 0 Å². The molecule has 0 aliphatic carbocycles. The van der Waals surface area contributed by atoms with Gasteiger partial charge in [0.1, 0.15) is 5.60 Å². The molecular formula is C13H23N2O5-. The number of hydrogen-bond donors (Lipinski definition) is 2. The van der Waals surface area contributed by atoms with E-state index in [-0.39, 0.29) is 6.42 Å². The summed E-state index contributed by atoms with van der Waals surface area (Å²) in [6, 6.07) is -0.992. The fourth-order valence-electron chi connectivity index (χ4n) is 1.47. The number of carboxylic acid groups (broad SMARTS) is 1. The molecule has 7 heteroatoms. The fourth-order valence-corrected chi connectivity index (χ4v) is 1.47. The van der Waals surface area contributed by atoms with E-state index in [1.54, 1.807) is 20.8 Å². The maximum Gasteiger partial charge on any atom is 0.407 e. The van der Waals surface area contributed by atoms with Gasteiger partial charge in [-0.1, -0.05) is 0 Å². The van der Waals surface area contributed by atoms with Gasteiger partial charge in [-0.3, -0.25) is 4.79 Å². The molecule has 116 valence electrons. The normalized spacial score (nSPS) is 12.4. The zero-order valence-corrected chi connectivity index (χ0v) is 12.4. The van der Waals surface area contributed by atoms with Gasteiger partial charge in [-0.15, -0.1) is 0 Å². The highest BCUT2D eigenvalue weighted by Crippen LogP contribution is 2.06. The topological polar surface area (TPSA) is 108 Å². The molecule has 0 aromatic heterocycles. The molecule has 0 spiro atoms. The molecule has 2 N–H and O–H groups in total. The van der Waals surface area contributed by atoms with Crippen molar-refractivity contribution in [3.05, 3.63) is 0 Å². The number of amides is 2. The fraction of sp³-hybridized carbons (Fsp3) is 0.769. The molecule has 0 aliphatic heterocycles. The van der Waals surface area contributed by atoms with Gasteiger partial charge in [0.15, 0.2) is 0 Å². The first-order chi connectivity index (χ1) is 9.11. The molecule has 0 saturated heterocycles. The van der Waals surface area contributed by atoms with Crippen molar-refractivity contribution in [2.24, 2.45) is 0 Å². The van der Waals surface area contributed by atoms with Crippen LogP contribution in [0, 0.1) is 0 Å². The van der Waals surface area contributed by atoms with Crippen LogP contribution in [0.5, 0.6) is 0 Å². The summed E-state index contributed by atoms with van der Waals surface area (Å²) in [4.78, 5) is 32.9. The van der Waals surface area contributed by atoms with Gasteiger partial charge in [0.05, 0.1) is 12.0 Å². The van der Waals surface area contributed by atoms with Crippen LogP contribution < -0.4 is 15.7 Å². The number of unbranched alkanes of at least 4 members (excludes halogenated alkanes) is 1. The Balaban J connectivity index is 3.82. The number of carbonyl (C=O) groups is 3. The molecule has 0 heterocycles. The first-order valence-electron chi connectivity index (χ1n) is 6.56. The second kappa shape index (κ2) is 8.39. The summed E-state index contributed by atoms with van der Waals surface area (Å²) in [5.74, 6) is -1.72. The molecule has 0 aliphatic rings. The van der Waals surface area contributed by atoms with Crippen LogP contribution in [-0.4, -0.2) is 36.2 Å². The van der Waals surface area contributed by atoms with Crippen LogP contribution in [0.3, 0.4) is 0 Å². The van der Waals surface area contributed by atoms with E-state index >= 15 is 0 Å². The Kier molecular flexibility index (Phi) is 7.64. The van der Waals surface area contributed by atoms with Crippen LogP contribution in [0.15, 0.2) is 0 Å². The van der Waals surface area contributed by atoms with Crippen molar-refractivity contribution in [2.75, 3.05) is 6.54 Å². The first-order valence-corrected chi connectivity index (χ1v) is 6.56. The highest BCUT2D eigenvalue weighted by Gasteiger charge is 2.15. The van der Waals surface area contributed by atoms with Crippen molar-refractivity contribution in [3.63, 3.8) is 0 Å². The molecule has 0 fully saturated rings. The molecule has 2 amide bonds. The number of aliphatic carboxylic acids is 1. The van der Waals surface area contributed by atoms with E-state index in [4.69, 9.17) is 4.74 Å². The number of rotatable bonds is 7. The Bertz CT molecular complexity index is 349. The van der Waals surface area contributed by atoms with Gasteiger partial charge in [0.25, 0.3) is 0 Å².